The molecule has 3 aromatic rings. The second-order valence-electron chi connectivity index (χ2n) is 10.0. The Hall–Kier alpha value is -2.77. The quantitative estimate of drug-likeness (QED) is 0.288. The second kappa shape index (κ2) is 12.0. The molecule has 0 spiro atoms. The van der Waals surface area contributed by atoms with E-state index >= 15 is 0 Å². The van der Waals surface area contributed by atoms with Gasteiger partial charge in [-0.2, -0.15) is 0 Å². The Morgan fingerprint density at radius 3 is 2.68 bits per heavy atom. The zero-order valence-electron chi connectivity index (χ0n) is 21.7. The zero-order valence-corrected chi connectivity index (χ0v) is 23.2. The van der Waals surface area contributed by atoms with Crippen molar-refractivity contribution in [2.75, 3.05) is 19.7 Å². The summed E-state index contributed by atoms with van der Waals surface area (Å²) >= 11 is 12.3. The van der Waals surface area contributed by atoms with Gasteiger partial charge in [-0.3, -0.25) is 4.90 Å². The van der Waals surface area contributed by atoms with E-state index in [-0.39, 0.29) is 12.1 Å². The number of nitrogens with one attached hydrogen (secondary N) is 2. The van der Waals surface area contributed by atoms with E-state index in [1.807, 2.05) is 18.2 Å². The molecule has 1 amide bonds. The molecule has 0 bridgehead atoms. The largest absolute Gasteiger partial charge is 0.416 e. The van der Waals surface area contributed by atoms with Crippen LogP contribution in [0.4, 0.5) is 4.79 Å². The minimum atomic E-state index is -0.398. The first-order valence-electron chi connectivity index (χ1n) is 13.2. The van der Waals surface area contributed by atoms with Crippen LogP contribution in [0.2, 0.25) is 10.0 Å². The summed E-state index contributed by atoms with van der Waals surface area (Å²) in [5, 5.41) is 5.80. The molecule has 2 atom stereocenters. The second-order valence-corrected chi connectivity index (χ2v) is 10.9. The Kier molecular flexibility index (Phi) is 8.44. The highest BCUT2D eigenvalue weighted by Gasteiger charge is 2.36. The standard InChI is InChI=1S/C30H33Cl2N3O3/c1-19(2)33-15-3-17-37-23-9-4-20(5-10-23)29-28-25(26-18-22(32)8-13-27(26)34-28)14-16-35(29)30(36)38-24-11-6-21(31)7-12-24/h4-9,11-13,18-19,23,29,33-34H,3,10,14-17H2,1-2H3. The molecule has 0 fully saturated rings. The highest BCUT2D eigenvalue weighted by Crippen LogP contribution is 2.41. The van der Waals surface area contributed by atoms with Crippen molar-refractivity contribution in [1.29, 1.82) is 0 Å². The van der Waals surface area contributed by atoms with E-state index in [9.17, 15) is 4.79 Å². The molecule has 1 aromatic heterocycles. The lowest BCUT2D eigenvalue weighted by Gasteiger charge is -2.36. The van der Waals surface area contributed by atoms with Gasteiger partial charge >= 0.3 is 6.09 Å². The van der Waals surface area contributed by atoms with Crippen LogP contribution in [0.5, 0.6) is 5.75 Å². The van der Waals surface area contributed by atoms with Crippen molar-refractivity contribution >= 4 is 40.2 Å². The van der Waals surface area contributed by atoms with Crippen molar-refractivity contribution in [3.63, 3.8) is 0 Å². The van der Waals surface area contributed by atoms with Gasteiger partial charge in [0.25, 0.3) is 0 Å². The Bertz CT molecular complexity index is 1350. The van der Waals surface area contributed by atoms with Crippen LogP contribution in [0.15, 0.2) is 66.3 Å². The number of benzene rings is 2. The lowest BCUT2D eigenvalue weighted by Crippen LogP contribution is -2.42. The number of H-pyrrole nitrogens is 1. The van der Waals surface area contributed by atoms with Gasteiger partial charge in [-0.1, -0.05) is 55.3 Å². The number of amides is 1. The van der Waals surface area contributed by atoms with Crippen LogP contribution in [0, 0.1) is 0 Å². The summed E-state index contributed by atoms with van der Waals surface area (Å²) in [4.78, 5) is 18.8. The van der Waals surface area contributed by atoms with Crippen molar-refractivity contribution < 1.29 is 14.3 Å². The molecule has 2 N–H and O–H groups in total. The highest BCUT2D eigenvalue weighted by atomic mass is 35.5. The normalized spacial score (nSPS) is 19.1. The Labute approximate surface area is 233 Å². The summed E-state index contributed by atoms with van der Waals surface area (Å²) in [5.74, 6) is 0.459. The summed E-state index contributed by atoms with van der Waals surface area (Å²) < 4.78 is 11.8. The molecule has 1 aliphatic carbocycles. The van der Waals surface area contributed by atoms with Crippen LogP contribution in [0.1, 0.15) is 44.0 Å². The number of hydrogen-bond acceptors (Lipinski definition) is 4. The number of aromatic amines is 1. The molecular formula is C30H33Cl2N3O3. The average molecular weight is 555 g/mol. The fourth-order valence-electron chi connectivity index (χ4n) is 5.11. The minimum absolute atomic E-state index is 0.0249. The van der Waals surface area contributed by atoms with Gasteiger partial charge in [0.05, 0.1) is 6.10 Å². The van der Waals surface area contributed by atoms with E-state index in [1.54, 1.807) is 29.2 Å². The lowest BCUT2D eigenvalue weighted by molar-refractivity contribution is 0.0835. The predicted molar refractivity (Wildman–Crippen MR) is 153 cm³/mol. The molecule has 0 saturated heterocycles. The number of carbonyl (C=O) groups excluding carboxylic acids is 1. The smallest absolute Gasteiger partial charge is 0.410 e. The van der Waals surface area contributed by atoms with E-state index < -0.39 is 6.09 Å². The summed E-state index contributed by atoms with van der Waals surface area (Å²) in [6.45, 7) is 6.45. The SMILES string of the molecule is CC(C)NCCCOC1C=CC(C2c3[nH]c4ccc(Cl)cc4c3CCN2C(=O)Oc2ccc(Cl)cc2)=CC1. The first-order chi connectivity index (χ1) is 18.4. The van der Waals surface area contributed by atoms with Crippen LogP contribution in [-0.2, 0) is 11.2 Å². The van der Waals surface area contributed by atoms with E-state index in [0.717, 1.165) is 41.6 Å². The Morgan fingerprint density at radius 2 is 1.95 bits per heavy atom. The van der Waals surface area contributed by atoms with Gasteiger partial charge in [-0.15, -0.1) is 0 Å². The molecule has 38 heavy (non-hydrogen) atoms. The van der Waals surface area contributed by atoms with Crippen molar-refractivity contribution in [2.24, 2.45) is 0 Å². The van der Waals surface area contributed by atoms with Gasteiger partial charge in [0.2, 0.25) is 0 Å². The molecule has 2 aromatic carbocycles. The number of halogens is 2. The topological polar surface area (TPSA) is 66.6 Å². The first kappa shape index (κ1) is 26.8. The summed E-state index contributed by atoms with van der Waals surface area (Å²) in [5.41, 5.74) is 4.23. The van der Waals surface area contributed by atoms with E-state index in [2.05, 4.69) is 42.4 Å². The van der Waals surface area contributed by atoms with E-state index in [0.29, 0.717) is 41.4 Å². The first-order valence-corrected chi connectivity index (χ1v) is 13.9. The number of hydrogen-bond donors (Lipinski definition) is 2. The van der Waals surface area contributed by atoms with Crippen LogP contribution in [0.3, 0.4) is 0 Å². The van der Waals surface area contributed by atoms with Crippen LogP contribution >= 0.6 is 23.2 Å². The minimum Gasteiger partial charge on any atom is -0.410 e. The number of nitrogens with zero attached hydrogens (tertiary/aromatic N) is 1. The van der Waals surface area contributed by atoms with Gasteiger partial charge in [0, 0.05) is 45.8 Å². The average Bonchev–Trinajstić information content (AvgIpc) is 3.27. The number of ether oxygens (including phenoxy) is 2. The van der Waals surface area contributed by atoms with Crippen LogP contribution in [-0.4, -0.2) is 47.8 Å². The Balaban J connectivity index is 1.37. The van der Waals surface area contributed by atoms with Crippen molar-refractivity contribution in [1.82, 2.24) is 15.2 Å². The van der Waals surface area contributed by atoms with Gasteiger partial charge in [0.15, 0.2) is 0 Å². The van der Waals surface area contributed by atoms with E-state index in [4.69, 9.17) is 32.7 Å². The highest BCUT2D eigenvalue weighted by molar-refractivity contribution is 6.31. The maximum Gasteiger partial charge on any atom is 0.416 e. The van der Waals surface area contributed by atoms with Gasteiger partial charge in [-0.25, -0.2) is 4.79 Å². The third-order valence-corrected chi connectivity index (χ3v) is 7.44. The molecule has 0 radical (unpaired) electrons. The third-order valence-electron chi connectivity index (χ3n) is 6.95. The summed E-state index contributed by atoms with van der Waals surface area (Å²) in [7, 11) is 0. The Morgan fingerprint density at radius 1 is 1.16 bits per heavy atom. The lowest BCUT2D eigenvalue weighted by atomic mass is 9.89. The molecule has 2 aliphatic rings. The molecule has 0 saturated carbocycles. The predicted octanol–water partition coefficient (Wildman–Crippen LogP) is 7.23. The van der Waals surface area contributed by atoms with Crippen LogP contribution in [0.25, 0.3) is 10.9 Å². The maximum absolute atomic E-state index is 13.5. The zero-order chi connectivity index (χ0) is 26.6. The third kappa shape index (κ3) is 6.10. The monoisotopic (exact) mass is 553 g/mol. The molecule has 1 aliphatic heterocycles. The molecule has 5 rings (SSSR count). The molecule has 2 unspecified atom stereocenters. The summed E-state index contributed by atoms with van der Waals surface area (Å²) in [6.07, 6.45) is 8.41. The molecule has 2 heterocycles. The number of carbonyl (C=O) groups is 1. The number of fused-ring (bicyclic) bond motifs is 3. The molecular weight excluding hydrogens is 521 g/mol. The van der Waals surface area contributed by atoms with Gasteiger partial charge in [-0.05, 0) is 79.4 Å². The van der Waals surface area contributed by atoms with Crippen molar-refractivity contribution in [3.8, 4) is 5.75 Å². The molecule has 6 nitrogen and oxygen atoms in total. The molecule has 8 heteroatoms. The van der Waals surface area contributed by atoms with Crippen molar-refractivity contribution in [3.05, 3.63) is 87.6 Å². The fraction of sp³-hybridized carbons (Fsp3) is 0.367. The molecule has 200 valence electrons. The maximum atomic E-state index is 13.5. The van der Waals surface area contributed by atoms with Crippen molar-refractivity contribution in [2.45, 2.75) is 51.3 Å². The van der Waals surface area contributed by atoms with E-state index in [1.165, 1.54) is 5.56 Å². The number of rotatable bonds is 8. The van der Waals surface area contributed by atoms with Crippen LogP contribution < -0.4 is 10.1 Å². The number of aromatic nitrogens is 1. The fourth-order valence-corrected chi connectivity index (χ4v) is 5.41. The van der Waals surface area contributed by atoms with Gasteiger partial charge < -0.3 is 19.8 Å². The van der Waals surface area contributed by atoms with Gasteiger partial charge in [0.1, 0.15) is 11.8 Å². The summed E-state index contributed by atoms with van der Waals surface area (Å²) in [6, 6.07) is 12.9.